The zero-order valence-electron chi connectivity index (χ0n) is 14.2. The van der Waals surface area contributed by atoms with Crippen LogP contribution in [0.4, 0.5) is 0 Å². The van der Waals surface area contributed by atoms with Crippen LogP contribution in [-0.4, -0.2) is 35.9 Å². The highest BCUT2D eigenvalue weighted by Gasteiger charge is 2.32. The Hall–Kier alpha value is -2.05. The average Bonchev–Trinajstić information content (AvgIpc) is 3.12. The Kier molecular flexibility index (Phi) is 4.87. The van der Waals surface area contributed by atoms with Crippen LogP contribution in [0.25, 0.3) is 0 Å². The van der Waals surface area contributed by atoms with Crippen molar-refractivity contribution in [2.24, 2.45) is 5.92 Å². The summed E-state index contributed by atoms with van der Waals surface area (Å²) in [6.07, 6.45) is 1.62. The number of fused-ring (bicyclic) bond motifs is 1. The van der Waals surface area contributed by atoms with E-state index in [1.807, 2.05) is 30.3 Å². The maximum atomic E-state index is 11.5. The first-order valence-electron chi connectivity index (χ1n) is 8.73. The highest BCUT2D eigenvalue weighted by atomic mass is 79.9. The van der Waals surface area contributed by atoms with Gasteiger partial charge in [-0.05, 0) is 54.8 Å². The Bertz CT molecular complexity index is 808. The van der Waals surface area contributed by atoms with Crippen LogP contribution >= 0.6 is 15.9 Å². The fourth-order valence-electron chi connectivity index (χ4n) is 3.78. The van der Waals surface area contributed by atoms with E-state index in [2.05, 4.69) is 33.0 Å². The third-order valence-corrected chi connectivity index (χ3v) is 5.59. The van der Waals surface area contributed by atoms with E-state index in [9.17, 15) is 9.90 Å². The van der Waals surface area contributed by atoms with Gasteiger partial charge in [0, 0.05) is 11.0 Å². The van der Waals surface area contributed by atoms with Gasteiger partial charge in [-0.3, -0.25) is 9.69 Å². The molecule has 2 aliphatic heterocycles. The van der Waals surface area contributed by atoms with Crippen LogP contribution in [0.15, 0.2) is 46.9 Å². The summed E-state index contributed by atoms with van der Waals surface area (Å²) < 4.78 is 12.0. The molecule has 4 rings (SSSR count). The normalized spacial score (nSPS) is 20.7. The number of rotatable bonds is 4. The number of likely N-dealkylation sites (tertiary alicyclic amines) is 1. The lowest BCUT2D eigenvalue weighted by Crippen LogP contribution is -2.41. The summed E-state index contributed by atoms with van der Waals surface area (Å²) in [6, 6.07) is 14.2. The average molecular weight is 418 g/mol. The molecule has 2 atom stereocenters. The maximum Gasteiger partial charge on any atom is 0.307 e. The number of nitrogens with zero attached hydrogens (tertiary/aromatic N) is 1. The fraction of sp³-hybridized carbons (Fsp3) is 0.350. The van der Waals surface area contributed by atoms with Gasteiger partial charge in [0.05, 0.1) is 12.0 Å². The third kappa shape index (κ3) is 3.44. The predicted octanol–water partition coefficient (Wildman–Crippen LogP) is 4.06. The molecule has 0 spiro atoms. The minimum atomic E-state index is -0.713. The number of ether oxygens (including phenoxy) is 2. The topological polar surface area (TPSA) is 59.0 Å². The van der Waals surface area contributed by atoms with Crippen LogP contribution in [0.5, 0.6) is 11.5 Å². The molecule has 6 heteroatoms. The zero-order chi connectivity index (χ0) is 18.1. The van der Waals surface area contributed by atoms with Crippen LogP contribution in [0.3, 0.4) is 0 Å². The highest BCUT2D eigenvalue weighted by Crippen LogP contribution is 2.39. The minimum absolute atomic E-state index is 0.0141. The van der Waals surface area contributed by atoms with Crippen LogP contribution < -0.4 is 9.47 Å². The summed E-state index contributed by atoms with van der Waals surface area (Å²) in [6.45, 7) is 1.66. The first kappa shape index (κ1) is 17.4. The Morgan fingerprint density at radius 1 is 1.12 bits per heavy atom. The molecule has 5 nitrogen and oxygen atoms in total. The van der Waals surface area contributed by atoms with E-state index < -0.39 is 5.97 Å². The van der Waals surface area contributed by atoms with E-state index in [4.69, 9.17) is 9.47 Å². The molecule has 1 N–H and O–H groups in total. The van der Waals surface area contributed by atoms with Crippen molar-refractivity contribution in [3.63, 3.8) is 0 Å². The summed E-state index contributed by atoms with van der Waals surface area (Å²) in [5, 5.41) is 9.47. The molecule has 0 saturated carbocycles. The number of hydrogen-bond acceptors (Lipinski definition) is 4. The molecule has 0 aliphatic carbocycles. The SMILES string of the molecule is O=C(O)C1CCCN(C(c2ccc(Br)cc2)c2ccc3c(c2)OCO3)C1. The van der Waals surface area contributed by atoms with Crippen molar-refractivity contribution in [2.75, 3.05) is 19.9 Å². The van der Waals surface area contributed by atoms with E-state index in [1.54, 1.807) is 0 Å². The quantitative estimate of drug-likeness (QED) is 0.812. The highest BCUT2D eigenvalue weighted by molar-refractivity contribution is 9.10. The molecule has 0 radical (unpaired) electrons. The Balaban J connectivity index is 1.72. The van der Waals surface area contributed by atoms with Crippen molar-refractivity contribution in [1.29, 1.82) is 0 Å². The lowest BCUT2D eigenvalue weighted by Gasteiger charge is -2.37. The van der Waals surface area contributed by atoms with E-state index in [1.165, 1.54) is 0 Å². The number of aliphatic carboxylic acids is 1. The second-order valence-electron chi connectivity index (χ2n) is 6.74. The summed E-state index contributed by atoms with van der Waals surface area (Å²) in [5.74, 6) is 0.465. The molecule has 2 aromatic carbocycles. The smallest absolute Gasteiger partial charge is 0.307 e. The van der Waals surface area contributed by atoms with Gasteiger partial charge in [0.25, 0.3) is 0 Å². The monoisotopic (exact) mass is 417 g/mol. The first-order valence-corrected chi connectivity index (χ1v) is 9.53. The Morgan fingerprint density at radius 2 is 1.85 bits per heavy atom. The molecular formula is C20H20BrNO4. The number of halogens is 1. The minimum Gasteiger partial charge on any atom is -0.481 e. The number of carboxylic acids is 1. The summed E-state index contributed by atoms with van der Waals surface area (Å²) in [5.41, 5.74) is 2.22. The van der Waals surface area contributed by atoms with Crippen LogP contribution in [0.2, 0.25) is 0 Å². The molecule has 2 heterocycles. The van der Waals surface area contributed by atoms with Gasteiger partial charge in [0.2, 0.25) is 6.79 Å². The van der Waals surface area contributed by atoms with Gasteiger partial charge in [-0.2, -0.15) is 0 Å². The van der Waals surface area contributed by atoms with Gasteiger partial charge in [-0.25, -0.2) is 0 Å². The van der Waals surface area contributed by atoms with Gasteiger partial charge in [0.15, 0.2) is 11.5 Å². The molecule has 26 heavy (non-hydrogen) atoms. The van der Waals surface area contributed by atoms with Crippen LogP contribution in [-0.2, 0) is 4.79 Å². The molecule has 0 amide bonds. The molecule has 1 saturated heterocycles. The molecular weight excluding hydrogens is 398 g/mol. The largest absolute Gasteiger partial charge is 0.481 e. The second-order valence-corrected chi connectivity index (χ2v) is 7.65. The molecule has 136 valence electrons. The third-order valence-electron chi connectivity index (χ3n) is 5.07. The van der Waals surface area contributed by atoms with Gasteiger partial charge in [0.1, 0.15) is 0 Å². The van der Waals surface area contributed by atoms with E-state index in [0.29, 0.717) is 6.54 Å². The number of benzene rings is 2. The molecule has 2 aromatic rings. The first-order chi connectivity index (χ1) is 12.6. The second kappa shape index (κ2) is 7.29. The van der Waals surface area contributed by atoms with Crippen molar-refractivity contribution >= 4 is 21.9 Å². The van der Waals surface area contributed by atoms with Gasteiger partial charge >= 0.3 is 5.97 Å². The Morgan fingerprint density at radius 3 is 2.62 bits per heavy atom. The number of carboxylic acid groups (broad SMARTS) is 1. The number of hydrogen-bond donors (Lipinski definition) is 1. The van der Waals surface area contributed by atoms with Crippen molar-refractivity contribution < 1.29 is 19.4 Å². The van der Waals surface area contributed by atoms with Crippen LogP contribution in [0.1, 0.15) is 30.0 Å². The molecule has 0 bridgehead atoms. The van der Waals surface area contributed by atoms with E-state index >= 15 is 0 Å². The standard InChI is InChI=1S/C20H20BrNO4/c21-16-6-3-13(4-7-16)19(22-9-1-2-15(11-22)20(23)24)14-5-8-17-18(10-14)26-12-25-17/h3-8,10,15,19H,1-2,9,11-12H2,(H,23,24). The van der Waals surface area contributed by atoms with Crippen molar-refractivity contribution in [3.8, 4) is 11.5 Å². The summed E-state index contributed by atoms with van der Waals surface area (Å²) in [7, 11) is 0. The molecule has 1 fully saturated rings. The number of piperidine rings is 1. The van der Waals surface area contributed by atoms with Gasteiger partial charge < -0.3 is 14.6 Å². The molecule has 2 aliphatic rings. The maximum absolute atomic E-state index is 11.5. The number of carbonyl (C=O) groups is 1. The molecule has 2 unspecified atom stereocenters. The Labute approximate surface area is 160 Å². The van der Waals surface area contributed by atoms with Gasteiger partial charge in [-0.1, -0.05) is 34.1 Å². The summed E-state index contributed by atoms with van der Waals surface area (Å²) >= 11 is 3.49. The predicted molar refractivity (Wildman–Crippen MR) is 100 cm³/mol. The lowest BCUT2D eigenvalue weighted by molar-refractivity contribution is -0.143. The summed E-state index contributed by atoms with van der Waals surface area (Å²) in [4.78, 5) is 13.8. The van der Waals surface area contributed by atoms with Gasteiger partial charge in [-0.15, -0.1) is 0 Å². The van der Waals surface area contributed by atoms with E-state index in [0.717, 1.165) is 46.5 Å². The van der Waals surface area contributed by atoms with Crippen LogP contribution in [0, 0.1) is 5.92 Å². The van der Waals surface area contributed by atoms with Crippen molar-refractivity contribution in [2.45, 2.75) is 18.9 Å². The van der Waals surface area contributed by atoms with Crippen molar-refractivity contribution in [1.82, 2.24) is 4.90 Å². The molecule has 0 aromatic heterocycles. The van der Waals surface area contributed by atoms with Crippen molar-refractivity contribution in [3.05, 3.63) is 58.1 Å². The lowest BCUT2D eigenvalue weighted by atomic mass is 9.91. The zero-order valence-corrected chi connectivity index (χ0v) is 15.8. The fourth-order valence-corrected chi connectivity index (χ4v) is 4.05. The van der Waals surface area contributed by atoms with E-state index in [-0.39, 0.29) is 18.8 Å².